The lowest BCUT2D eigenvalue weighted by atomic mass is 9.80. The number of ether oxygens (including phenoxy) is 1. The molecule has 2 heteroatoms. The number of rotatable bonds is 0. The fourth-order valence-corrected chi connectivity index (χ4v) is 4.02. The minimum absolute atomic E-state index is 0.0599. The minimum atomic E-state index is -0.0599. The summed E-state index contributed by atoms with van der Waals surface area (Å²) in [6.07, 6.45) is 7.59. The van der Waals surface area contributed by atoms with Crippen LogP contribution in [0.2, 0.25) is 0 Å². The Kier molecular flexibility index (Phi) is 2.10. The van der Waals surface area contributed by atoms with Crippen molar-refractivity contribution in [1.82, 2.24) is 0 Å². The second kappa shape index (κ2) is 3.21. The molecule has 2 saturated carbocycles. The van der Waals surface area contributed by atoms with E-state index in [2.05, 4.69) is 0 Å². The molecule has 1 aliphatic heterocycles. The van der Waals surface area contributed by atoms with E-state index in [0.29, 0.717) is 5.92 Å². The van der Waals surface area contributed by atoms with E-state index in [-0.39, 0.29) is 11.5 Å². The molecule has 2 nitrogen and oxygen atoms in total. The van der Waals surface area contributed by atoms with Crippen LogP contribution in [-0.4, -0.2) is 24.4 Å². The average Bonchev–Trinajstić information content (AvgIpc) is 2.77. The van der Waals surface area contributed by atoms with Gasteiger partial charge in [-0.3, -0.25) is 0 Å². The Balaban J connectivity index is 1.83. The quantitative estimate of drug-likeness (QED) is 0.642. The predicted octanol–water partition coefficient (Wildman–Crippen LogP) is 1.96. The maximum Gasteiger partial charge on any atom is 0.0650 e. The van der Waals surface area contributed by atoms with Crippen molar-refractivity contribution in [2.45, 2.75) is 44.6 Å². The van der Waals surface area contributed by atoms with Gasteiger partial charge >= 0.3 is 0 Å². The van der Waals surface area contributed by atoms with E-state index in [1.807, 2.05) is 0 Å². The second-order valence-corrected chi connectivity index (χ2v) is 5.52. The summed E-state index contributed by atoms with van der Waals surface area (Å²) in [6.45, 7) is 1.69. The molecule has 4 unspecified atom stereocenters. The van der Waals surface area contributed by atoms with Crippen LogP contribution < -0.4 is 0 Å². The van der Waals surface area contributed by atoms with Crippen LogP contribution in [0.1, 0.15) is 38.5 Å². The zero-order valence-electron chi connectivity index (χ0n) is 8.74. The normalized spacial score (nSPS) is 52.5. The first-order valence-corrected chi connectivity index (χ1v) is 6.08. The van der Waals surface area contributed by atoms with Crippen molar-refractivity contribution in [3.05, 3.63) is 0 Å². The number of aliphatic hydroxyl groups is 1. The molecule has 3 fully saturated rings. The molecular weight excluding hydrogens is 176 g/mol. The molecule has 3 rings (SSSR count). The van der Waals surface area contributed by atoms with Crippen molar-refractivity contribution < 1.29 is 9.84 Å². The maximum atomic E-state index is 10.4. The van der Waals surface area contributed by atoms with Crippen LogP contribution in [0, 0.1) is 17.3 Å². The van der Waals surface area contributed by atoms with Crippen molar-refractivity contribution in [1.29, 1.82) is 0 Å². The summed E-state index contributed by atoms with van der Waals surface area (Å²) in [5.74, 6) is 1.41. The molecule has 0 aromatic carbocycles. The zero-order chi connectivity index (χ0) is 9.60. The van der Waals surface area contributed by atoms with Crippen molar-refractivity contribution in [2.24, 2.45) is 17.3 Å². The molecule has 80 valence electrons. The van der Waals surface area contributed by atoms with E-state index in [4.69, 9.17) is 4.74 Å². The summed E-state index contributed by atoms with van der Waals surface area (Å²) in [5, 5.41) is 10.4. The molecule has 1 saturated heterocycles. The van der Waals surface area contributed by atoms with Crippen LogP contribution in [0.3, 0.4) is 0 Å². The van der Waals surface area contributed by atoms with Gasteiger partial charge in [-0.25, -0.2) is 0 Å². The lowest BCUT2D eigenvalue weighted by Crippen LogP contribution is -2.34. The average molecular weight is 196 g/mol. The molecule has 2 aliphatic carbocycles. The first-order valence-electron chi connectivity index (χ1n) is 6.08. The van der Waals surface area contributed by atoms with Crippen molar-refractivity contribution in [2.75, 3.05) is 13.2 Å². The topological polar surface area (TPSA) is 29.5 Å². The van der Waals surface area contributed by atoms with E-state index in [0.717, 1.165) is 25.6 Å². The molecule has 0 bridgehead atoms. The molecule has 1 heterocycles. The molecule has 0 amide bonds. The monoisotopic (exact) mass is 196 g/mol. The molecular formula is C12H20O2. The highest BCUT2D eigenvalue weighted by Crippen LogP contribution is 2.54. The lowest BCUT2D eigenvalue weighted by Gasteiger charge is -2.29. The van der Waals surface area contributed by atoms with E-state index in [9.17, 15) is 5.11 Å². The van der Waals surface area contributed by atoms with Gasteiger partial charge in [0, 0.05) is 12.0 Å². The summed E-state index contributed by atoms with van der Waals surface area (Å²) in [4.78, 5) is 0. The van der Waals surface area contributed by atoms with Gasteiger partial charge in [-0.15, -0.1) is 0 Å². The standard InChI is InChI=1S/C12H20O2/c13-11-10-4-2-1-3-9(10)7-12(11)5-6-14-8-12/h9-11,13H,1-8H2. The van der Waals surface area contributed by atoms with Gasteiger partial charge in [0.05, 0.1) is 12.7 Å². The second-order valence-electron chi connectivity index (χ2n) is 5.52. The highest BCUT2D eigenvalue weighted by atomic mass is 16.5. The molecule has 1 N–H and O–H groups in total. The Hall–Kier alpha value is -0.0800. The number of hydrogen-bond acceptors (Lipinski definition) is 2. The summed E-state index contributed by atoms with van der Waals surface area (Å²) >= 11 is 0. The van der Waals surface area contributed by atoms with Gasteiger partial charge in [-0.05, 0) is 31.1 Å². The highest BCUT2D eigenvalue weighted by Gasteiger charge is 2.54. The molecule has 4 atom stereocenters. The van der Waals surface area contributed by atoms with E-state index in [1.54, 1.807) is 0 Å². The lowest BCUT2D eigenvalue weighted by molar-refractivity contribution is 0.00900. The number of aliphatic hydroxyl groups excluding tert-OH is 1. The van der Waals surface area contributed by atoms with Crippen molar-refractivity contribution in [3.8, 4) is 0 Å². The van der Waals surface area contributed by atoms with Crippen molar-refractivity contribution >= 4 is 0 Å². The van der Waals surface area contributed by atoms with Crippen LogP contribution in [0.4, 0.5) is 0 Å². The van der Waals surface area contributed by atoms with Gasteiger partial charge in [-0.2, -0.15) is 0 Å². The minimum Gasteiger partial charge on any atom is -0.392 e. The Labute approximate surface area is 85.6 Å². The Bertz CT molecular complexity index is 220. The van der Waals surface area contributed by atoms with Gasteiger partial charge in [0.2, 0.25) is 0 Å². The fourth-order valence-electron chi connectivity index (χ4n) is 4.02. The molecule has 14 heavy (non-hydrogen) atoms. The number of fused-ring (bicyclic) bond motifs is 1. The largest absolute Gasteiger partial charge is 0.392 e. The summed E-state index contributed by atoms with van der Waals surface area (Å²) in [7, 11) is 0. The van der Waals surface area contributed by atoms with E-state index >= 15 is 0 Å². The van der Waals surface area contributed by atoms with Gasteiger partial charge in [-0.1, -0.05) is 19.3 Å². The molecule has 0 aromatic heterocycles. The first-order chi connectivity index (χ1) is 6.82. The van der Waals surface area contributed by atoms with Crippen molar-refractivity contribution in [3.63, 3.8) is 0 Å². The van der Waals surface area contributed by atoms with Crippen LogP contribution in [0.5, 0.6) is 0 Å². The SMILES string of the molecule is OC1C2CCCCC2CC12CCOC2. The molecule has 3 aliphatic rings. The van der Waals surface area contributed by atoms with Crippen LogP contribution >= 0.6 is 0 Å². The van der Waals surface area contributed by atoms with Crippen LogP contribution in [0.15, 0.2) is 0 Å². The molecule has 0 aromatic rings. The van der Waals surface area contributed by atoms with E-state index < -0.39 is 0 Å². The number of hydrogen-bond donors (Lipinski definition) is 1. The Morgan fingerprint density at radius 3 is 2.79 bits per heavy atom. The van der Waals surface area contributed by atoms with Gasteiger partial charge in [0.15, 0.2) is 0 Å². The fraction of sp³-hybridized carbons (Fsp3) is 1.00. The Morgan fingerprint density at radius 1 is 1.21 bits per heavy atom. The van der Waals surface area contributed by atoms with E-state index in [1.165, 1.54) is 32.1 Å². The third-order valence-corrected chi connectivity index (χ3v) is 4.80. The van der Waals surface area contributed by atoms with Gasteiger partial charge in [0.1, 0.15) is 0 Å². The summed E-state index contributed by atoms with van der Waals surface area (Å²) in [6, 6.07) is 0. The predicted molar refractivity (Wildman–Crippen MR) is 53.9 cm³/mol. The highest BCUT2D eigenvalue weighted by molar-refractivity contribution is 5.03. The Morgan fingerprint density at radius 2 is 2.07 bits per heavy atom. The third kappa shape index (κ3) is 1.17. The third-order valence-electron chi connectivity index (χ3n) is 4.80. The summed E-state index contributed by atoms with van der Waals surface area (Å²) in [5.41, 5.74) is 0.166. The van der Waals surface area contributed by atoms with Gasteiger partial charge in [0.25, 0.3) is 0 Å². The smallest absolute Gasteiger partial charge is 0.0650 e. The molecule has 0 radical (unpaired) electrons. The maximum absolute atomic E-state index is 10.4. The molecule has 1 spiro atoms. The van der Waals surface area contributed by atoms with Crippen LogP contribution in [-0.2, 0) is 4.74 Å². The summed E-state index contributed by atoms with van der Waals surface area (Å²) < 4.78 is 5.50. The van der Waals surface area contributed by atoms with Gasteiger partial charge < -0.3 is 9.84 Å². The van der Waals surface area contributed by atoms with Crippen LogP contribution in [0.25, 0.3) is 0 Å². The first kappa shape index (κ1) is 9.17. The zero-order valence-corrected chi connectivity index (χ0v) is 8.74.